The number of nitrogens with one attached hydrogen (secondary N) is 2. The minimum Gasteiger partial charge on any atom is -0.361 e. The first-order chi connectivity index (χ1) is 12.5. The minimum absolute atomic E-state index is 0.180. The molecule has 0 aliphatic heterocycles. The largest absolute Gasteiger partial charge is 0.361 e. The van der Waals surface area contributed by atoms with E-state index in [1.807, 2.05) is 0 Å². The Hall–Kier alpha value is -3.48. The Morgan fingerprint density at radius 3 is 2.12 bits per heavy atom. The van der Waals surface area contributed by atoms with E-state index in [0.717, 1.165) is 0 Å². The van der Waals surface area contributed by atoms with E-state index >= 15 is 0 Å². The summed E-state index contributed by atoms with van der Waals surface area (Å²) in [5.74, 6) is -0.971. The van der Waals surface area contributed by atoms with Crippen molar-refractivity contribution in [2.45, 2.75) is 6.92 Å². The number of aryl methyl sites for hydroxylation is 1. The lowest BCUT2D eigenvalue weighted by atomic mass is 10.2. The second kappa shape index (κ2) is 7.60. The lowest BCUT2D eigenvalue weighted by molar-refractivity contribution is -0.111. The highest BCUT2D eigenvalue weighted by atomic mass is 19.1. The molecule has 1 amide bonds. The fraction of sp³-hybridized carbons (Fsp3) is 0.0526. The quantitative estimate of drug-likeness (QED) is 0.668. The number of aromatic nitrogens is 1. The van der Waals surface area contributed by atoms with E-state index in [9.17, 15) is 13.6 Å². The van der Waals surface area contributed by atoms with Crippen LogP contribution in [0.5, 0.6) is 0 Å². The minimum atomic E-state index is -0.470. The van der Waals surface area contributed by atoms with Crippen LogP contribution < -0.4 is 10.6 Å². The van der Waals surface area contributed by atoms with Gasteiger partial charge in [-0.05, 0) is 55.5 Å². The fourth-order valence-corrected chi connectivity index (χ4v) is 2.17. The Balaban J connectivity index is 1.84. The van der Waals surface area contributed by atoms with Crippen LogP contribution in [0, 0.1) is 18.6 Å². The Morgan fingerprint density at radius 1 is 1.00 bits per heavy atom. The van der Waals surface area contributed by atoms with Gasteiger partial charge in [0.1, 0.15) is 17.2 Å². The molecule has 3 rings (SSSR count). The molecule has 0 fully saturated rings. The summed E-state index contributed by atoms with van der Waals surface area (Å²) in [7, 11) is 0. The van der Waals surface area contributed by atoms with Crippen molar-refractivity contribution < 1.29 is 18.1 Å². The first kappa shape index (κ1) is 17.3. The standard InChI is InChI=1S/C19H15F2N3O2/c1-12-10-18(26-24-12)17(11-22-15-6-2-13(20)3-7-15)19(25)23-16-8-4-14(21)5-9-16/h2-11,22H,1H3,(H,23,25)/b17-11-. The van der Waals surface area contributed by atoms with Gasteiger partial charge in [0.05, 0.1) is 5.69 Å². The first-order valence-electron chi connectivity index (χ1n) is 7.74. The molecular weight excluding hydrogens is 340 g/mol. The van der Waals surface area contributed by atoms with Gasteiger partial charge in [-0.2, -0.15) is 0 Å². The third-order valence-corrected chi connectivity index (χ3v) is 3.47. The van der Waals surface area contributed by atoms with Gasteiger partial charge in [0, 0.05) is 23.6 Å². The third-order valence-electron chi connectivity index (χ3n) is 3.47. The molecule has 132 valence electrons. The normalized spacial score (nSPS) is 11.3. The van der Waals surface area contributed by atoms with Gasteiger partial charge >= 0.3 is 0 Å². The van der Waals surface area contributed by atoms with Crippen molar-refractivity contribution in [2.24, 2.45) is 0 Å². The molecular formula is C19H15F2N3O2. The molecule has 0 radical (unpaired) electrons. The molecule has 1 aromatic heterocycles. The number of benzene rings is 2. The Morgan fingerprint density at radius 2 is 1.58 bits per heavy atom. The van der Waals surface area contributed by atoms with E-state index in [1.54, 1.807) is 13.0 Å². The number of hydrogen-bond acceptors (Lipinski definition) is 4. The van der Waals surface area contributed by atoms with Gasteiger partial charge in [0.2, 0.25) is 0 Å². The number of anilines is 2. The molecule has 0 saturated carbocycles. The average Bonchev–Trinajstić information content (AvgIpc) is 3.05. The predicted octanol–water partition coefficient (Wildman–Crippen LogP) is 4.35. The van der Waals surface area contributed by atoms with Crippen LogP contribution in [0.1, 0.15) is 11.5 Å². The summed E-state index contributed by atoms with van der Waals surface area (Å²) in [4.78, 5) is 12.6. The highest BCUT2D eigenvalue weighted by Gasteiger charge is 2.17. The maximum atomic E-state index is 13.0. The van der Waals surface area contributed by atoms with E-state index in [1.165, 1.54) is 54.7 Å². The summed E-state index contributed by atoms with van der Waals surface area (Å²) in [6.07, 6.45) is 1.44. The van der Waals surface area contributed by atoms with E-state index in [4.69, 9.17) is 4.52 Å². The number of rotatable bonds is 5. The highest BCUT2D eigenvalue weighted by Crippen LogP contribution is 2.20. The van der Waals surface area contributed by atoms with Gasteiger partial charge < -0.3 is 15.2 Å². The summed E-state index contributed by atoms with van der Waals surface area (Å²) in [6, 6.07) is 12.7. The zero-order valence-corrected chi connectivity index (χ0v) is 13.8. The van der Waals surface area contributed by atoms with Crippen molar-refractivity contribution in [2.75, 3.05) is 10.6 Å². The smallest absolute Gasteiger partial charge is 0.261 e. The van der Waals surface area contributed by atoms with Crippen molar-refractivity contribution in [1.82, 2.24) is 5.16 Å². The van der Waals surface area contributed by atoms with Crippen LogP contribution in [0.4, 0.5) is 20.2 Å². The van der Waals surface area contributed by atoms with Crippen LogP contribution in [0.2, 0.25) is 0 Å². The Bertz CT molecular complexity index is 932. The Labute approximate surface area is 148 Å². The Kier molecular flexibility index (Phi) is 5.07. The van der Waals surface area contributed by atoms with Crippen molar-refractivity contribution in [3.05, 3.63) is 83.9 Å². The van der Waals surface area contributed by atoms with Crippen LogP contribution in [0.15, 0.2) is 65.3 Å². The monoisotopic (exact) mass is 355 g/mol. The van der Waals surface area contributed by atoms with E-state index in [2.05, 4.69) is 15.8 Å². The molecule has 1 heterocycles. The van der Waals surface area contributed by atoms with Crippen molar-refractivity contribution >= 4 is 22.9 Å². The molecule has 7 heteroatoms. The van der Waals surface area contributed by atoms with Crippen LogP contribution in [0.3, 0.4) is 0 Å². The molecule has 26 heavy (non-hydrogen) atoms. The number of carbonyl (C=O) groups is 1. The molecule has 0 unspecified atom stereocenters. The molecule has 0 aliphatic rings. The number of halogens is 2. The molecule has 0 aliphatic carbocycles. The van der Waals surface area contributed by atoms with Crippen LogP contribution in [-0.2, 0) is 4.79 Å². The van der Waals surface area contributed by atoms with Gasteiger partial charge in [-0.15, -0.1) is 0 Å². The molecule has 0 atom stereocenters. The van der Waals surface area contributed by atoms with Gasteiger partial charge in [-0.25, -0.2) is 8.78 Å². The zero-order chi connectivity index (χ0) is 18.5. The van der Waals surface area contributed by atoms with Crippen molar-refractivity contribution in [3.8, 4) is 0 Å². The SMILES string of the molecule is Cc1cc(/C(=C/Nc2ccc(F)cc2)C(=O)Nc2ccc(F)cc2)on1. The average molecular weight is 355 g/mol. The molecule has 3 aromatic rings. The second-order valence-electron chi connectivity index (χ2n) is 5.50. The summed E-state index contributed by atoms with van der Waals surface area (Å²) >= 11 is 0. The topological polar surface area (TPSA) is 67.2 Å². The summed E-state index contributed by atoms with van der Waals surface area (Å²) in [5.41, 5.74) is 1.82. The van der Waals surface area contributed by atoms with E-state index < -0.39 is 11.7 Å². The zero-order valence-electron chi connectivity index (χ0n) is 13.8. The lowest BCUT2D eigenvalue weighted by Gasteiger charge is -2.08. The second-order valence-corrected chi connectivity index (χ2v) is 5.50. The summed E-state index contributed by atoms with van der Waals surface area (Å²) in [5, 5.41) is 9.36. The maximum absolute atomic E-state index is 13.0. The summed E-state index contributed by atoms with van der Waals surface area (Å²) < 4.78 is 31.2. The predicted molar refractivity (Wildman–Crippen MR) is 94.3 cm³/mol. The van der Waals surface area contributed by atoms with Crippen molar-refractivity contribution in [3.63, 3.8) is 0 Å². The first-order valence-corrected chi connectivity index (χ1v) is 7.74. The fourth-order valence-electron chi connectivity index (χ4n) is 2.17. The van der Waals surface area contributed by atoms with Gasteiger partial charge in [-0.3, -0.25) is 4.79 Å². The van der Waals surface area contributed by atoms with Gasteiger partial charge in [0.25, 0.3) is 5.91 Å². The van der Waals surface area contributed by atoms with Crippen LogP contribution in [-0.4, -0.2) is 11.1 Å². The molecule has 2 N–H and O–H groups in total. The molecule has 5 nitrogen and oxygen atoms in total. The number of amides is 1. The highest BCUT2D eigenvalue weighted by molar-refractivity contribution is 6.24. The van der Waals surface area contributed by atoms with Gasteiger partial charge in [-0.1, -0.05) is 5.16 Å². The maximum Gasteiger partial charge on any atom is 0.261 e. The lowest BCUT2D eigenvalue weighted by Crippen LogP contribution is -2.14. The van der Waals surface area contributed by atoms with Crippen LogP contribution in [0.25, 0.3) is 5.57 Å². The van der Waals surface area contributed by atoms with E-state index in [-0.39, 0.29) is 17.2 Å². The molecule has 0 saturated heterocycles. The molecule has 0 bridgehead atoms. The molecule has 2 aromatic carbocycles. The number of carbonyl (C=O) groups excluding carboxylic acids is 1. The molecule has 0 spiro atoms. The van der Waals surface area contributed by atoms with Gasteiger partial charge in [0.15, 0.2) is 5.76 Å². The summed E-state index contributed by atoms with van der Waals surface area (Å²) in [6.45, 7) is 1.73. The number of hydrogen-bond donors (Lipinski definition) is 2. The van der Waals surface area contributed by atoms with E-state index in [0.29, 0.717) is 17.1 Å². The van der Waals surface area contributed by atoms with Crippen molar-refractivity contribution in [1.29, 1.82) is 0 Å². The van der Waals surface area contributed by atoms with Crippen LogP contribution >= 0.6 is 0 Å². The number of nitrogens with zero attached hydrogens (tertiary/aromatic N) is 1. The third kappa shape index (κ3) is 4.32.